The molecule has 0 radical (unpaired) electrons. The molecule has 90 valence electrons. The molecule has 0 saturated heterocycles. The zero-order chi connectivity index (χ0) is 11.9. The van der Waals surface area contributed by atoms with Crippen LogP contribution in [0.25, 0.3) is 0 Å². The molecule has 1 aromatic heterocycles. The van der Waals surface area contributed by atoms with Crippen LogP contribution in [0.2, 0.25) is 0 Å². The SMILES string of the molecule is CCc1ccc(CNCCc2ccccc2)o1. The van der Waals surface area contributed by atoms with Crippen molar-refractivity contribution >= 4 is 0 Å². The number of hydrogen-bond acceptors (Lipinski definition) is 2. The van der Waals surface area contributed by atoms with E-state index in [1.807, 2.05) is 18.2 Å². The molecule has 2 aromatic rings. The Bertz CT molecular complexity index is 433. The van der Waals surface area contributed by atoms with E-state index in [1.165, 1.54) is 5.56 Å². The van der Waals surface area contributed by atoms with Gasteiger partial charge in [-0.1, -0.05) is 37.3 Å². The lowest BCUT2D eigenvalue weighted by Gasteiger charge is -2.03. The van der Waals surface area contributed by atoms with Gasteiger partial charge in [0.1, 0.15) is 11.5 Å². The number of hydrogen-bond donors (Lipinski definition) is 1. The van der Waals surface area contributed by atoms with Crippen LogP contribution in [0.4, 0.5) is 0 Å². The zero-order valence-electron chi connectivity index (χ0n) is 10.3. The predicted molar refractivity (Wildman–Crippen MR) is 69.9 cm³/mol. The van der Waals surface area contributed by atoms with Crippen LogP contribution in [-0.2, 0) is 19.4 Å². The van der Waals surface area contributed by atoms with E-state index in [1.54, 1.807) is 0 Å². The summed E-state index contributed by atoms with van der Waals surface area (Å²) in [6.45, 7) is 3.89. The average molecular weight is 229 g/mol. The van der Waals surface area contributed by atoms with Crippen LogP contribution in [0.1, 0.15) is 24.0 Å². The maximum atomic E-state index is 5.62. The predicted octanol–water partition coefficient (Wildman–Crippen LogP) is 3.17. The fourth-order valence-electron chi connectivity index (χ4n) is 1.80. The smallest absolute Gasteiger partial charge is 0.117 e. The first-order chi connectivity index (χ1) is 8.38. The molecule has 1 N–H and O–H groups in total. The van der Waals surface area contributed by atoms with Gasteiger partial charge in [-0.25, -0.2) is 0 Å². The first kappa shape index (κ1) is 11.9. The van der Waals surface area contributed by atoms with Gasteiger partial charge in [-0.3, -0.25) is 0 Å². The minimum Gasteiger partial charge on any atom is -0.465 e. The number of aryl methyl sites for hydroxylation is 1. The Morgan fingerprint density at radius 2 is 1.76 bits per heavy atom. The highest BCUT2D eigenvalue weighted by Gasteiger charge is 1.99. The highest BCUT2D eigenvalue weighted by Crippen LogP contribution is 2.07. The van der Waals surface area contributed by atoms with Crippen molar-refractivity contribution in [2.24, 2.45) is 0 Å². The van der Waals surface area contributed by atoms with Gasteiger partial charge in [0, 0.05) is 6.42 Å². The van der Waals surface area contributed by atoms with E-state index in [4.69, 9.17) is 4.42 Å². The maximum absolute atomic E-state index is 5.62. The molecule has 1 heterocycles. The van der Waals surface area contributed by atoms with Crippen molar-refractivity contribution in [3.63, 3.8) is 0 Å². The normalized spacial score (nSPS) is 10.6. The van der Waals surface area contributed by atoms with Crippen LogP contribution in [-0.4, -0.2) is 6.54 Å². The van der Waals surface area contributed by atoms with E-state index in [9.17, 15) is 0 Å². The monoisotopic (exact) mass is 229 g/mol. The number of furan rings is 1. The summed E-state index contributed by atoms with van der Waals surface area (Å²) in [4.78, 5) is 0. The van der Waals surface area contributed by atoms with Crippen LogP contribution < -0.4 is 5.32 Å². The van der Waals surface area contributed by atoms with Gasteiger partial charge >= 0.3 is 0 Å². The second kappa shape index (κ2) is 6.26. The lowest BCUT2D eigenvalue weighted by Crippen LogP contribution is -2.16. The first-order valence-electron chi connectivity index (χ1n) is 6.20. The summed E-state index contributed by atoms with van der Waals surface area (Å²) in [6, 6.07) is 14.6. The summed E-state index contributed by atoms with van der Waals surface area (Å²) in [7, 11) is 0. The van der Waals surface area contributed by atoms with Gasteiger partial charge in [-0.2, -0.15) is 0 Å². The van der Waals surface area contributed by atoms with Gasteiger partial charge in [0.25, 0.3) is 0 Å². The minimum atomic E-state index is 0.812. The molecule has 0 spiro atoms. The van der Waals surface area contributed by atoms with Gasteiger partial charge in [0.2, 0.25) is 0 Å². The molecule has 2 rings (SSSR count). The second-order valence-electron chi connectivity index (χ2n) is 4.13. The van der Waals surface area contributed by atoms with Crippen LogP contribution in [0.5, 0.6) is 0 Å². The van der Waals surface area contributed by atoms with E-state index in [0.29, 0.717) is 0 Å². The highest BCUT2D eigenvalue weighted by atomic mass is 16.3. The van der Waals surface area contributed by atoms with Gasteiger partial charge in [-0.05, 0) is 30.7 Å². The van der Waals surface area contributed by atoms with Crippen molar-refractivity contribution in [1.29, 1.82) is 0 Å². The van der Waals surface area contributed by atoms with E-state index in [2.05, 4.69) is 36.5 Å². The van der Waals surface area contributed by atoms with Crippen LogP contribution in [0.3, 0.4) is 0 Å². The highest BCUT2D eigenvalue weighted by molar-refractivity contribution is 5.14. The summed E-state index contributed by atoms with van der Waals surface area (Å²) in [6.07, 6.45) is 2.02. The van der Waals surface area contributed by atoms with Crippen LogP contribution in [0, 0.1) is 0 Å². The molecule has 1 aromatic carbocycles. The second-order valence-corrected chi connectivity index (χ2v) is 4.13. The third-order valence-corrected chi connectivity index (χ3v) is 2.80. The molecule has 0 fully saturated rings. The quantitative estimate of drug-likeness (QED) is 0.770. The first-order valence-corrected chi connectivity index (χ1v) is 6.20. The minimum absolute atomic E-state index is 0.812. The topological polar surface area (TPSA) is 25.2 Å². The van der Waals surface area contributed by atoms with Gasteiger partial charge in [0.05, 0.1) is 6.54 Å². The molecule has 17 heavy (non-hydrogen) atoms. The number of benzene rings is 1. The molecule has 2 heteroatoms. The Morgan fingerprint density at radius 1 is 1.00 bits per heavy atom. The van der Waals surface area contributed by atoms with Crippen molar-refractivity contribution in [3.05, 3.63) is 59.5 Å². The Labute approximate surface area is 103 Å². The fraction of sp³-hybridized carbons (Fsp3) is 0.333. The maximum Gasteiger partial charge on any atom is 0.117 e. The molecular formula is C15H19NO. The molecular weight excluding hydrogens is 210 g/mol. The van der Waals surface area contributed by atoms with Gasteiger partial charge in [0.15, 0.2) is 0 Å². The Balaban J connectivity index is 1.69. The van der Waals surface area contributed by atoms with Gasteiger partial charge < -0.3 is 9.73 Å². The summed E-state index contributed by atoms with van der Waals surface area (Å²) >= 11 is 0. The Morgan fingerprint density at radius 3 is 2.47 bits per heavy atom. The third kappa shape index (κ3) is 3.75. The van der Waals surface area contributed by atoms with Gasteiger partial charge in [-0.15, -0.1) is 0 Å². The third-order valence-electron chi connectivity index (χ3n) is 2.80. The summed E-state index contributed by atoms with van der Waals surface area (Å²) in [5.41, 5.74) is 1.37. The lowest BCUT2D eigenvalue weighted by atomic mass is 10.1. The molecule has 0 bridgehead atoms. The largest absolute Gasteiger partial charge is 0.465 e. The lowest BCUT2D eigenvalue weighted by molar-refractivity contribution is 0.451. The number of rotatable bonds is 6. The van der Waals surface area contributed by atoms with Crippen molar-refractivity contribution in [2.75, 3.05) is 6.54 Å². The molecule has 0 amide bonds. The molecule has 0 saturated carbocycles. The molecule has 0 atom stereocenters. The van der Waals surface area contributed by atoms with Crippen molar-refractivity contribution in [1.82, 2.24) is 5.32 Å². The fourth-order valence-corrected chi connectivity index (χ4v) is 1.80. The van der Waals surface area contributed by atoms with E-state index < -0.39 is 0 Å². The van der Waals surface area contributed by atoms with E-state index in [-0.39, 0.29) is 0 Å². The zero-order valence-corrected chi connectivity index (χ0v) is 10.3. The Kier molecular flexibility index (Phi) is 4.39. The number of nitrogens with one attached hydrogen (secondary N) is 1. The van der Waals surface area contributed by atoms with Crippen molar-refractivity contribution in [3.8, 4) is 0 Å². The molecule has 2 nitrogen and oxygen atoms in total. The van der Waals surface area contributed by atoms with Crippen LogP contribution >= 0.6 is 0 Å². The summed E-state index contributed by atoms with van der Waals surface area (Å²) < 4.78 is 5.62. The standard InChI is InChI=1S/C15H19NO/c1-2-14-8-9-15(17-14)12-16-11-10-13-6-4-3-5-7-13/h3-9,16H,2,10-12H2,1H3. The van der Waals surface area contributed by atoms with Crippen molar-refractivity contribution in [2.45, 2.75) is 26.3 Å². The Hall–Kier alpha value is -1.54. The molecule has 0 unspecified atom stereocenters. The van der Waals surface area contributed by atoms with Crippen molar-refractivity contribution < 1.29 is 4.42 Å². The van der Waals surface area contributed by atoms with Crippen LogP contribution in [0.15, 0.2) is 46.9 Å². The summed E-state index contributed by atoms with van der Waals surface area (Å²) in [5, 5.41) is 3.39. The summed E-state index contributed by atoms with van der Waals surface area (Å²) in [5.74, 6) is 2.08. The molecule has 0 aliphatic heterocycles. The van der Waals surface area contributed by atoms with E-state index >= 15 is 0 Å². The average Bonchev–Trinajstić information content (AvgIpc) is 2.84. The van der Waals surface area contributed by atoms with E-state index in [0.717, 1.165) is 37.5 Å². The molecule has 0 aliphatic rings. The molecule has 0 aliphatic carbocycles.